The Morgan fingerprint density at radius 2 is 1.87 bits per heavy atom. The fourth-order valence-electron chi connectivity index (χ4n) is 5.11. The molecule has 3 aromatic rings. The Labute approximate surface area is 265 Å². The Morgan fingerprint density at radius 1 is 1.09 bits per heavy atom. The fourth-order valence-corrected chi connectivity index (χ4v) is 7.26. The van der Waals surface area contributed by atoms with Crippen molar-refractivity contribution in [2.24, 2.45) is 0 Å². The van der Waals surface area contributed by atoms with Crippen LogP contribution in [0.1, 0.15) is 21.7 Å². The van der Waals surface area contributed by atoms with Gasteiger partial charge in [-0.3, -0.25) is 4.90 Å². The number of morpholine rings is 1. The summed E-state index contributed by atoms with van der Waals surface area (Å²) in [6.07, 6.45) is 11.4. The lowest BCUT2D eigenvalue weighted by Gasteiger charge is -2.30. The summed E-state index contributed by atoms with van der Waals surface area (Å²) in [6.45, 7) is 3.23. The maximum absolute atomic E-state index is 14.6. The second-order valence-corrected chi connectivity index (χ2v) is 18.0. The zero-order valence-electron chi connectivity index (χ0n) is 25.9. The molecule has 2 aromatic carbocycles. The molecule has 5 rings (SSSR count). The number of ether oxygens (including phenoxy) is 4. The van der Waals surface area contributed by atoms with E-state index in [0.29, 0.717) is 37.7 Å². The highest BCUT2D eigenvalue weighted by Crippen LogP contribution is 2.45. The molecule has 1 fully saturated rings. The van der Waals surface area contributed by atoms with E-state index in [1.807, 2.05) is 0 Å². The van der Waals surface area contributed by atoms with E-state index in [1.54, 1.807) is 24.3 Å². The number of esters is 1. The van der Waals surface area contributed by atoms with Gasteiger partial charge in [0.25, 0.3) is 10.0 Å². The molecular formula is C32H39FN2O8S2. The number of methoxy groups -OCH3 is 1. The average molecular weight is 663 g/mol. The summed E-state index contributed by atoms with van der Waals surface area (Å²) < 4.78 is 72.6. The molecule has 0 unspecified atom stereocenters. The van der Waals surface area contributed by atoms with Gasteiger partial charge in [0.2, 0.25) is 0 Å². The average Bonchev–Trinajstić information content (AvgIpc) is 3.49. The smallest absolute Gasteiger partial charge is 0.343 e. The Bertz CT molecular complexity index is 1660. The summed E-state index contributed by atoms with van der Waals surface area (Å²) in [7, 11) is -4.14. The van der Waals surface area contributed by atoms with Gasteiger partial charge in [0.1, 0.15) is 36.2 Å². The highest BCUT2D eigenvalue weighted by molar-refractivity contribution is 8.32. The standard InChI is InChI=1S/C32H39FN2O8S2/c1-39-32(36)30-27(9-8-26-25-11-15-42-28(25)21-43-31(26)30)35(22-41-18-19-44(2,3)4)45(37,38)29-10-7-24(33)20-23(29)6-5-12-34-13-16-40-17-14-34/h5-11,15,20H,12-14,16-19,21-22H2,1-4H3/b6-5-. The molecule has 1 aromatic heterocycles. The van der Waals surface area contributed by atoms with Crippen molar-refractivity contribution < 1.29 is 41.0 Å². The second kappa shape index (κ2) is 14.0. The van der Waals surface area contributed by atoms with Crippen LogP contribution in [0.2, 0.25) is 0 Å². The highest BCUT2D eigenvalue weighted by Gasteiger charge is 2.35. The molecule has 0 aliphatic carbocycles. The number of furan rings is 1. The van der Waals surface area contributed by atoms with Crippen LogP contribution in [0.5, 0.6) is 5.75 Å². The maximum atomic E-state index is 14.6. The number of carbonyl (C=O) groups excluding carboxylic acids is 1. The third-order valence-electron chi connectivity index (χ3n) is 7.53. The third kappa shape index (κ3) is 7.55. The van der Waals surface area contributed by atoms with E-state index >= 15 is 0 Å². The zero-order chi connectivity index (χ0) is 32.2. The number of hydrogen-bond donors (Lipinski definition) is 0. The topological polar surface area (TPSA) is 108 Å². The van der Waals surface area contributed by atoms with Crippen molar-refractivity contribution in [2.45, 2.75) is 11.5 Å². The van der Waals surface area contributed by atoms with Crippen molar-refractivity contribution >= 4 is 37.8 Å². The van der Waals surface area contributed by atoms with E-state index in [0.717, 1.165) is 34.8 Å². The number of benzene rings is 2. The Morgan fingerprint density at radius 3 is 2.60 bits per heavy atom. The highest BCUT2D eigenvalue weighted by atomic mass is 32.3. The summed E-state index contributed by atoms with van der Waals surface area (Å²) in [5.41, 5.74) is 1.42. The number of hydrogen-bond acceptors (Lipinski definition) is 9. The van der Waals surface area contributed by atoms with E-state index in [2.05, 4.69) is 23.7 Å². The van der Waals surface area contributed by atoms with Crippen LogP contribution in [0.3, 0.4) is 0 Å². The molecule has 244 valence electrons. The molecule has 0 atom stereocenters. The predicted octanol–water partition coefficient (Wildman–Crippen LogP) is 4.97. The monoisotopic (exact) mass is 662 g/mol. The predicted molar refractivity (Wildman–Crippen MR) is 173 cm³/mol. The van der Waals surface area contributed by atoms with Crippen LogP contribution in [0, 0.1) is 5.82 Å². The summed E-state index contributed by atoms with van der Waals surface area (Å²) in [5.74, 6) is 0.149. The number of fused-ring (bicyclic) bond motifs is 3. The van der Waals surface area contributed by atoms with E-state index in [-0.39, 0.29) is 34.1 Å². The summed E-state index contributed by atoms with van der Waals surface area (Å²) in [5, 5.41) is 0. The lowest BCUT2D eigenvalue weighted by molar-refractivity contribution is 0.0435. The molecule has 0 N–H and O–H groups in total. The van der Waals surface area contributed by atoms with Gasteiger partial charge in [-0.25, -0.2) is 31.9 Å². The first kappa shape index (κ1) is 33.0. The molecule has 0 bridgehead atoms. The zero-order valence-corrected chi connectivity index (χ0v) is 27.5. The van der Waals surface area contributed by atoms with Gasteiger partial charge in [0.15, 0.2) is 0 Å². The summed E-state index contributed by atoms with van der Waals surface area (Å²) in [6, 6.07) is 8.49. The minimum Gasteiger partial charge on any atom is -0.484 e. The number of nitrogens with zero attached hydrogens (tertiary/aromatic N) is 2. The van der Waals surface area contributed by atoms with Gasteiger partial charge in [-0.2, -0.15) is 0 Å². The van der Waals surface area contributed by atoms with Gasteiger partial charge >= 0.3 is 5.97 Å². The minimum atomic E-state index is -4.43. The Balaban J connectivity index is 1.58. The molecule has 13 heteroatoms. The van der Waals surface area contributed by atoms with Gasteiger partial charge < -0.3 is 23.4 Å². The first-order chi connectivity index (χ1) is 21.5. The number of halogens is 1. The van der Waals surface area contributed by atoms with E-state index in [9.17, 15) is 17.6 Å². The molecule has 2 aliphatic rings. The van der Waals surface area contributed by atoms with E-state index < -0.39 is 38.6 Å². The van der Waals surface area contributed by atoms with Crippen LogP contribution in [0.15, 0.2) is 58.1 Å². The van der Waals surface area contributed by atoms with Gasteiger partial charge in [-0.1, -0.05) is 12.2 Å². The molecule has 2 aliphatic heterocycles. The van der Waals surface area contributed by atoms with Crippen molar-refractivity contribution in [1.29, 1.82) is 0 Å². The number of carbonyl (C=O) groups is 1. The molecule has 0 radical (unpaired) electrons. The lowest BCUT2D eigenvalue weighted by Crippen LogP contribution is -2.36. The van der Waals surface area contributed by atoms with E-state index in [4.69, 9.17) is 23.4 Å². The molecule has 0 saturated carbocycles. The quantitative estimate of drug-likeness (QED) is 0.151. The van der Waals surface area contributed by atoms with Crippen LogP contribution in [0.25, 0.3) is 17.2 Å². The molecule has 10 nitrogen and oxygen atoms in total. The van der Waals surface area contributed by atoms with Crippen LogP contribution < -0.4 is 9.04 Å². The van der Waals surface area contributed by atoms with Gasteiger partial charge in [0, 0.05) is 36.5 Å². The maximum Gasteiger partial charge on any atom is 0.343 e. The molecule has 1 saturated heterocycles. The van der Waals surface area contributed by atoms with Gasteiger partial charge in [-0.15, -0.1) is 0 Å². The lowest BCUT2D eigenvalue weighted by atomic mass is 9.98. The van der Waals surface area contributed by atoms with Crippen molar-refractivity contribution in [3.63, 3.8) is 0 Å². The normalized spacial score (nSPS) is 15.8. The van der Waals surface area contributed by atoms with Gasteiger partial charge in [0.05, 0.1) is 43.8 Å². The molecule has 45 heavy (non-hydrogen) atoms. The van der Waals surface area contributed by atoms with Crippen molar-refractivity contribution in [2.75, 3.05) is 82.1 Å². The first-order valence-corrected chi connectivity index (χ1v) is 18.9. The van der Waals surface area contributed by atoms with Crippen molar-refractivity contribution in [3.05, 3.63) is 71.4 Å². The largest absolute Gasteiger partial charge is 0.484 e. The number of anilines is 1. The minimum absolute atomic E-state index is 0.0169. The summed E-state index contributed by atoms with van der Waals surface area (Å²) in [4.78, 5) is 15.3. The molecule has 0 spiro atoms. The van der Waals surface area contributed by atoms with Crippen LogP contribution in [0.4, 0.5) is 10.1 Å². The molecular weight excluding hydrogens is 623 g/mol. The third-order valence-corrected chi connectivity index (χ3v) is 10.7. The first-order valence-electron chi connectivity index (χ1n) is 14.5. The molecule has 3 heterocycles. The number of sulfonamides is 1. The van der Waals surface area contributed by atoms with Crippen molar-refractivity contribution in [3.8, 4) is 16.9 Å². The van der Waals surface area contributed by atoms with Gasteiger partial charge in [-0.05, 0) is 60.7 Å². The Hall–Kier alpha value is -3.36. The Kier molecular flexibility index (Phi) is 10.2. The van der Waals surface area contributed by atoms with Crippen molar-refractivity contribution in [1.82, 2.24) is 4.90 Å². The summed E-state index contributed by atoms with van der Waals surface area (Å²) >= 11 is 0. The van der Waals surface area contributed by atoms with Crippen LogP contribution in [-0.2, 0) is 30.8 Å². The number of rotatable bonds is 12. The van der Waals surface area contributed by atoms with Crippen LogP contribution >= 0.6 is 10.0 Å². The SMILES string of the molecule is COC(=O)c1c(N(COCCS(C)(C)C)S(=O)(=O)c2ccc(F)cc2/C=C\CN2CCOCC2)ccc2c1OCc1occc1-2. The molecule has 0 amide bonds. The van der Waals surface area contributed by atoms with Crippen LogP contribution in [-0.4, -0.2) is 97.1 Å². The fraction of sp³-hybridized carbons (Fsp3) is 0.406. The second-order valence-electron chi connectivity index (χ2n) is 11.6. The van der Waals surface area contributed by atoms with E-state index in [1.165, 1.54) is 31.6 Å².